The molecule has 9 heteroatoms. The van der Waals surface area contributed by atoms with Gasteiger partial charge in [-0.05, 0) is 54.1 Å². The largest absolute Gasteiger partial charge is 0.493 e. The fourth-order valence-electron chi connectivity index (χ4n) is 3.17. The normalized spacial score (nSPS) is 14.8. The Morgan fingerprint density at radius 2 is 1.73 bits per heavy atom. The molecule has 3 aromatic rings. The highest BCUT2D eigenvalue weighted by atomic mass is 35.5. The van der Waals surface area contributed by atoms with Crippen molar-refractivity contribution in [2.75, 3.05) is 12.0 Å². The Balaban J connectivity index is 1.55. The van der Waals surface area contributed by atoms with Gasteiger partial charge in [0.05, 0.1) is 17.7 Å². The predicted octanol–water partition coefficient (Wildman–Crippen LogP) is 7.64. The monoisotopic (exact) mass is 535 g/mol. The number of ether oxygens (including phenoxy) is 2. The van der Waals surface area contributed by atoms with Gasteiger partial charge >= 0.3 is 0 Å². The van der Waals surface area contributed by atoms with Crippen molar-refractivity contribution in [1.29, 1.82) is 0 Å². The first-order valence-electron chi connectivity index (χ1n) is 9.64. The van der Waals surface area contributed by atoms with E-state index in [9.17, 15) is 4.79 Å². The Hall–Kier alpha value is -2.22. The number of nitrogens with zero attached hydrogens (tertiary/aromatic N) is 1. The van der Waals surface area contributed by atoms with Crippen LogP contribution in [0, 0.1) is 0 Å². The highest BCUT2D eigenvalue weighted by Crippen LogP contribution is 2.38. The number of amides is 1. The van der Waals surface area contributed by atoms with Crippen molar-refractivity contribution < 1.29 is 14.3 Å². The minimum Gasteiger partial charge on any atom is -0.493 e. The second-order valence-corrected chi connectivity index (χ2v) is 9.82. The maximum atomic E-state index is 13.0. The van der Waals surface area contributed by atoms with Gasteiger partial charge < -0.3 is 9.47 Å². The maximum Gasteiger partial charge on any atom is 0.270 e. The highest BCUT2D eigenvalue weighted by molar-refractivity contribution is 8.27. The summed E-state index contributed by atoms with van der Waals surface area (Å²) in [6, 6.07) is 17.7. The summed E-state index contributed by atoms with van der Waals surface area (Å²) in [6.07, 6.45) is 1.76. The number of carbonyl (C=O) groups is 1. The second-order valence-electron chi connectivity index (χ2n) is 6.90. The first-order valence-corrected chi connectivity index (χ1v) is 12.0. The summed E-state index contributed by atoms with van der Waals surface area (Å²) < 4.78 is 11.8. The summed E-state index contributed by atoms with van der Waals surface area (Å²) in [5.74, 6) is 0.828. The van der Waals surface area contributed by atoms with Gasteiger partial charge in [-0.1, -0.05) is 77.0 Å². The lowest BCUT2D eigenvalue weighted by molar-refractivity contribution is -0.113. The first kappa shape index (κ1) is 23.9. The third kappa shape index (κ3) is 5.31. The van der Waals surface area contributed by atoms with Crippen molar-refractivity contribution in [2.24, 2.45) is 0 Å². The molecule has 1 aliphatic rings. The quantitative estimate of drug-likeness (QED) is 0.239. The number of hydrogen-bond donors (Lipinski definition) is 0. The van der Waals surface area contributed by atoms with Crippen LogP contribution in [0.1, 0.15) is 11.1 Å². The van der Waals surface area contributed by atoms with E-state index in [1.54, 1.807) is 67.8 Å². The fourth-order valence-corrected chi connectivity index (χ4v) is 5.16. The van der Waals surface area contributed by atoms with Crippen LogP contribution in [0.3, 0.4) is 0 Å². The molecule has 3 aromatic carbocycles. The standard InChI is InChI=1S/C24H16Cl3NO3S2/c1-30-21-10-14(8-9-20(21)31-13-17-18(26)6-3-7-19(17)27)11-22-23(29)28(24(32)33-22)16-5-2-4-15(25)12-16/h2-12H,13H2,1H3/b22-11+. The smallest absolute Gasteiger partial charge is 0.270 e. The Kier molecular flexibility index (Phi) is 7.51. The summed E-state index contributed by atoms with van der Waals surface area (Å²) in [5, 5.41) is 1.59. The van der Waals surface area contributed by atoms with Crippen LogP contribution < -0.4 is 14.4 Å². The Labute approximate surface area is 216 Å². The number of benzene rings is 3. The van der Waals surface area contributed by atoms with Crippen LogP contribution in [0.4, 0.5) is 5.69 Å². The second kappa shape index (κ2) is 10.4. The molecule has 0 spiro atoms. The van der Waals surface area contributed by atoms with Gasteiger partial charge in [0.15, 0.2) is 15.8 Å². The van der Waals surface area contributed by atoms with Crippen molar-refractivity contribution in [1.82, 2.24) is 0 Å². The van der Waals surface area contributed by atoms with Crippen molar-refractivity contribution in [3.8, 4) is 11.5 Å². The maximum absolute atomic E-state index is 13.0. The Bertz CT molecular complexity index is 1260. The molecule has 33 heavy (non-hydrogen) atoms. The molecule has 1 heterocycles. The molecule has 168 valence electrons. The van der Waals surface area contributed by atoms with Crippen LogP contribution in [0.15, 0.2) is 65.6 Å². The van der Waals surface area contributed by atoms with E-state index >= 15 is 0 Å². The van der Waals surface area contributed by atoms with Crippen LogP contribution >= 0.6 is 58.8 Å². The zero-order valence-corrected chi connectivity index (χ0v) is 21.1. The average Bonchev–Trinajstić information content (AvgIpc) is 3.06. The van der Waals surface area contributed by atoms with Crippen LogP contribution in [-0.2, 0) is 11.4 Å². The zero-order chi connectivity index (χ0) is 23.5. The zero-order valence-electron chi connectivity index (χ0n) is 17.2. The number of methoxy groups -OCH3 is 1. The summed E-state index contributed by atoms with van der Waals surface area (Å²) in [7, 11) is 1.55. The minimum absolute atomic E-state index is 0.187. The SMILES string of the molecule is COc1cc(/C=C2/SC(=S)N(c3cccc(Cl)c3)C2=O)ccc1OCc1c(Cl)cccc1Cl. The lowest BCUT2D eigenvalue weighted by Crippen LogP contribution is -2.27. The highest BCUT2D eigenvalue weighted by Gasteiger charge is 2.33. The third-order valence-electron chi connectivity index (χ3n) is 4.78. The molecule has 1 amide bonds. The van der Waals surface area contributed by atoms with E-state index in [0.29, 0.717) is 47.0 Å². The van der Waals surface area contributed by atoms with Gasteiger partial charge in [-0.2, -0.15) is 0 Å². The molecule has 0 unspecified atom stereocenters. The lowest BCUT2D eigenvalue weighted by atomic mass is 10.1. The minimum atomic E-state index is -0.208. The van der Waals surface area contributed by atoms with Gasteiger partial charge in [-0.3, -0.25) is 9.69 Å². The summed E-state index contributed by atoms with van der Waals surface area (Å²) in [5.41, 5.74) is 2.09. The van der Waals surface area contributed by atoms with Crippen LogP contribution in [0.5, 0.6) is 11.5 Å². The van der Waals surface area contributed by atoms with Crippen LogP contribution in [0.25, 0.3) is 6.08 Å². The molecule has 0 saturated carbocycles. The predicted molar refractivity (Wildman–Crippen MR) is 141 cm³/mol. The topological polar surface area (TPSA) is 38.8 Å². The molecule has 0 N–H and O–H groups in total. The van der Waals surface area contributed by atoms with E-state index in [2.05, 4.69) is 0 Å². The molecule has 0 bridgehead atoms. The van der Waals surface area contributed by atoms with E-state index in [4.69, 9.17) is 56.5 Å². The van der Waals surface area contributed by atoms with E-state index in [-0.39, 0.29) is 12.5 Å². The molecule has 0 atom stereocenters. The van der Waals surface area contributed by atoms with Gasteiger partial charge in [-0.25, -0.2) is 0 Å². The van der Waals surface area contributed by atoms with E-state index in [1.165, 1.54) is 16.7 Å². The lowest BCUT2D eigenvalue weighted by Gasteiger charge is -2.14. The van der Waals surface area contributed by atoms with Gasteiger partial charge in [0.2, 0.25) is 0 Å². The number of anilines is 1. The Morgan fingerprint density at radius 3 is 2.42 bits per heavy atom. The number of halogens is 3. The first-order chi connectivity index (χ1) is 15.9. The number of thiocarbonyl (C=S) groups is 1. The number of hydrogen-bond acceptors (Lipinski definition) is 5. The molecular weight excluding hydrogens is 521 g/mol. The van der Waals surface area contributed by atoms with E-state index in [1.807, 2.05) is 6.07 Å². The fraction of sp³-hybridized carbons (Fsp3) is 0.0833. The van der Waals surface area contributed by atoms with Crippen molar-refractivity contribution in [3.63, 3.8) is 0 Å². The van der Waals surface area contributed by atoms with Gasteiger partial charge in [0.1, 0.15) is 6.61 Å². The van der Waals surface area contributed by atoms with Crippen LogP contribution in [0.2, 0.25) is 15.1 Å². The van der Waals surface area contributed by atoms with Crippen molar-refractivity contribution >= 4 is 80.8 Å². The molecule has 4 nitrogen and oxygen atoms in total. The number of thioether (sulfide) groups is 1. The van der Waals surface area contributed by atoms with Crippen molar-refractivity contribution in [2.45, 2.75) is 6.61 Å². The summed E-state index contributed by atoms with van der Waals surface area (Å²) in [6.45, 7) is 0.187. The summed E-state index contributed by atoms with van der Waals surface area (Å²) >= 11 is 25.2. The third-order valence-corrected chi connectivity index (χ3v) is 7.02. The van der Waals surface area contributed by atoms with Gasteiger partial charge in [-0.15, -0.1) is 0 Å². The molecular formula is C24H16Cl3NO3S2. The molecule has 1 saturated heterocycles. The van der Waals surface area contributed by atoms with E-state index < -0.39 is 0 Å². The van der Waals surface area contributed by atoms with Gasteiger partial charge in [0, 0.05) is 20.6 Å². The summed E-state index contributed by atoms with van der Waals surface area (Å²) in [4.78, 5) is 15.0. The van der Waals surface area contributed by atoms with Crippen molar-refractivity contribution in [3.05, 3.63) is 91.8 Å². The van der Waals surface area contributed by atoms with Crippen LogP contribution in [-0.4, -0.2) is 17.3 Å². The molecule has 0 aromatic heterocycles. The van der Waals surface area contributed by atoms with Gasteiger partial charge in [0.25, 0.3) is 5.91 Å². The molecule has 4 rings (SSSR count). The van der Waals surface area contributed by atoms with E-state index in [0.717, 1.165) is 5.56 Å². The molecule has 0 aliphatic carbocycles. The number of rotatable bonds is 6. The average molecular weight is 537 g/mol. The molecule has 0 radical (unpaired) electrons. The molecule has 1 fully saturated rings. The number of carbonyl (C=O) groups excluding carboxylic acids is 1. The Morgan fingerprint density at radius 1 is 1.00 bits per heavy atom. The molecule has 1 aliphatic heterocycles.